The normalized spacial score (nSPS) is 15.4. The summed E-state index contributed by atoms with van der Waals surface area (Å²) in [5.74, 6) is -0.0733. The fourth-order valence-corrected chi connectivity index (χ4v) is 5.40. The molecule has 5 heteroatoms. The zero-order valence-electron chi connectivity index (χ0n) is 17.2. The lowest BCUT2D eigenvalue weighted by molar-refractivity contribution is -0.113. The largest absolute Gasteiger partial charge is 0.318 e. The number of fused-ring (bicyclic) bond motifs is 1. The molecule has 0 saturated carbocycles. The average Bonchev–Trinajstić information content (AvgIpc) is 3.22. The van der Waals surface area contributed by atoms with E-state index in [1.54, 1.807) is 4.90 Å². The van der Waals surface area contributed by atoms with Gasteiger partial charge in [0, 0.05) is 22.5 Å². The first-order valence-electron chi connectivity index (χ1n) is 10.0. The maximum absolute atomic E-state index is 13.4. The molecule has 1 aromatic heterocycles. The quantitative estimate of drug-likeness (QED) is 0.263. The predicted octanol–water partition coefficient (Wildman–Crippen LogP) is 6.65. The zero-order valence-corrected chi connectivity index (χ0v) is 18.8. The first-order valence-corrected chi connectivity index (χ1v) is 11.3. The van der Waals surface area contributed by atoms with Crippen molar-refractivity contribution in [3.05, 3.63) is 101 Å². The minimum absolute atomic E-state index is 0.0733. The van der Waals surface area contributed by atoms with Crippen LogP contribution in [-0.4, -0.2) is 14.8 Å². The third kappa shape index (κ3) is 3.40. The number of carbonyl (C=O) groups excluding carboxylic acids is 1. The van der Waals surface area contributed by atoms with Crippen LogP contribution in [0.4, 0.5) is 5.69 Å². The number of aryl methyl sites for hydroxylation is 1. The number of anilines is 1. The number of benzene rings is 3. The molecule has 0 bridgehead atoms. The first-order chi connectivity index (χ1) is 15.0. The van der Waals surface area contributed by atoms with Gasteiger partial charge in [0.05, 0.1) is 10.6 Å². The van der Waals surface area contributed by atoms with Crippen LogP contribution in [0.2, 0.25) is 0 Å². The van der Waals surface area contributed by atoms with Crippen LogP contribution in [0.25, 0.3) is 22.5 Å². The minimum Gasteiger partial charge on any atom is -0.318 e. The lowest BCUT2D eigenvalue weighted by Gasteiger charge is -2.17. The van der Waals surface area contributed by atoms with Gasteiger partial charge in [-0.15, -0.1) is 0 Å². The Morgan fingerprint density at radius 2 is 1.61 bits per heavy atom. The second-order valence-electron chi connectivity index (χ2n) is 7.51. The number of nitrogens with zero attached hydrogens (tertiary/aromatic N) is 2. The molecule has 5 rings (SSSR count). The fraction of sp³-hybridized carbons (Fsp3) is 0.0769. The number of hydrogen-bond acceptors (Lipinski definition) is 3. The van der Waals surface area contributed by atoms with E-state index in [2.05, 4.69) is 36.6 Å². The summed E-state index contributed by atoms with van der Waals surface area (Å²) >= 11 is 6.98. The Balaban J connectivity index is 1.55. The van der Waals surface area contributed by atoms with E-state index in [0.29, 0.717) is 9.23 Å². The van der Waals surface area contributed by atoms with Crippen molar-refractivity contribution in [2.45, 2.75) is 13.8 Å². The highest BCUT2D eigenvalue weighted by atomic mass is 32.2. The molecule has 4 aromatic rings. The highest BCUT2D eigenvalue weighted by Gasteiger charge is 2.34. The molecule has 0 atom stereocenters. The van der Waals surface area contributed by atoms with Crippen molar-refractivity contribution in [3.63, 3.8) is 0 Å². The van der Waals surface area contributed by atoms with E-state index in [-0.39, 0.29) is 5.91 Å². The minimum atomic E-state index is -0.0733. The van der Waals surface area contributed by atoms with Gasteiger partial charge in [-0.2, -0.15) is 0 Å². The summed E-state index contributed by atoms with van der Waals surface area (Å²) in [6.45, 7) is 4.16. The van der Waals surface area contributed by atoms with Crippen LogP contribution in [0, 0.1) is 13.8 Å². The lowest BCUT2D eigenvalue weighted by atomic mass is 10.1. The van der Waals surface area contributed by atoms with Crippen molar-refractivity contribution in [2.75, 3.05) is 4.90 Å². The molecule has 0 N–H and O–H groups in total. The standard InChI is InChI=1S/C26H20N2OS2/c1-17-15-20(18(2)27(17)21-11-4-3-5-12-21)16-24-25(29)28(26(30)31-24)23-14-8-10-19-9-6-7-13-22(19)23/h3-16H,1-2H3/b24-16-. The zero-order chi connectivity index (χ0) is 21.5. The molecular weight excluding hydrogens is 420 g/mol. The Bertz CT molecular complexity index is 1360. The smallest absolute Gasteiger partial charge is 0.270 e. The molecule has 2 heterocycles. The van der Waals surface area contributed by atoms with Crippen molar-refractivity contribution in [1.82, 2.24) is 4.57 Å². The number of thioether (sulfide) groups is 1. The van der Waals surface area contributed by atoms with E-state index in [0.717, 1.165) is 39.1 Å². The maximum Gasteiger partial charge on any atom is 0.270 e. The Hall–Kier alpha value is -3.15. The molecule has 3 nitrogen and oxygen atoms in total. The number of carbonyl (C=O) groups is 1. The third-order valence-electron chi connectivity index (χ3n) is 5.57. The fourth-order valence-electron chi connectivity index (χ4n) is 4.13. The van der Waals surface area contributed by atoms with Gasteiger partial charge in [-0.3, -0.25) is 9.69 Å². The van der Waals surface area contributed by atoms with Crippen molar-refractivity contribution < 1.29 is 4.79 Å². The Labute approximate surface area is 191 Å². The molecule has 0 radical (unpaired) electrons. The molecule has 0 aliphatic carbocycles. The monoisotopic (exact) mass is 440 g/mol. The first kappa shape index (κ1) is 19.8. The molecule has 1 aliphatic heterocycles. The summed E-state index contributed by atoms with van der Waals surface area (Å²) in [7, 11) is 0. The van der Waals surface area contributed by atoms with Crippen LogP contribution in [-0.2, 0) is 4.79 Å². The van der Waals surface area contributed by atoms with Crippen molar-refractivity contribution in [1.29, 1.82) is 0 Å². The number of rotatable bonds is 3. The number of thiocarbonyl (C=S) groups is 1. The van der Waals surface area contributed by atoms with E-state index >= 15 is 0 Å². The van der Waals surface area contributed by atoms with Gasteiger partial charge in [-0.05, 0) is 55.1 Å². The van der Waals surface area contributed by atoms with Gasteiger partial charge in [0.2, 0.25) is 0 Å². The summed E-state index contributed by atoms with van der Waals surface area (Å²) < 4.78 is 2.77. The SMILES string of the molecule is Cc1cc(/C=C2\SC(=S)N(c3cccc4ccccc34)C2=O)c(C)n1-c1ccccc1. The highest BCUT2D eigenvalue weighted by Crippen LogP contribution is 2.39. The van der Waals surface area contributed by atoms with Crippen LogP contribution in [0.15, 0.2) is 83.8 Å². The molecule has 152 valence electrons. The highest BCUT2D eigenvalue weighted by molar-refractivity contribution is 8.27. The number of aromatic nitrogens is 1. The molecule has 1 amide bonds. The van der Waals surface area contributed by atoms with Crippen LogP contribution in [0.1, 0.15) is 17.0 Å². The van der Waals surface area contributed by atoms with Gasteiger partial charge >= 0.3 is 0 Å². The molecular formula is C26H20N2OS2. The third-order valence-corrected chi connectivity index (χ3v) is 6.87. The molecule has 1 fully saturated rings. The van der Waals surface area contributed by atoms with Crippen molar-refractivity contribution in [2.24, 2.45) is 0 Å². The maximum atomic E-state index is 13.4. The van der Waals surface area contributed by atoms with E-state index in [4.69, 9.17) is 12.2 Å². The summed E-state index contributed by atoms with van der Waals surface area (Å²) in [6, 6.07) is 26.4. The molecule has 0 unspecified atom stereocenters. The lowest BCUT2D eigenvalue weighted by Crippen LogP contribution is -2.27. The van der Waals surface area contributed by atoms with Gasteiger partial charge in [-0.25, -0.2) is 0 Å². The second-order valence-corrected chi connectivity index (χ2v) is 9.19. The van der Waals surface area contributed by atoms with Crippen molar-refractivity contribution in [3.8, 4) is 5.69 Å². The van der Waals surface area contributed by atoms with E-state index in [1.165, 1.54) is 11.8 Å². The summed E-state index contributed by atoms with van der Waals surface area (Å²) in [4.78, 5) is 15.7. The van der Waals surface area contributed by atoms with Crippen LogP contribution in [0.3, 0.4) is 0 Å². The Morgan fingerprint density at radius 3 is 2.42 bits per heavy atom. The molecule has 3 aromatic carbocycles. The van der Waals surface area contributed by atoms with E-state index < -0.39 is 0 Å². The van der Waals surface area contributed by atoms with Gasteiger partial charge in [0.1, 0.15) is 0 Å². The van der Waals surface area contributed by atoms with Gasteiger partial charge in [0.25, 0.3) is 5.91 Å². The molecule has 1 aliphatic rings. The van der Waals surface area contributed by atoms with Crippen molar-refractivity contribution >= 4 is 56.7 Å². The summed E-state index contributed by atoms with van der Waals surface area (Å²) in [6.07, 6.45) is 1.96. The van der Waals surface area contributed by atoms with Crippen LogP contribution < -0.4 is 4.90 Å². The van der Waals surface area contributed by atoms with Crippen LogP contribution in [0.5, 0.6) is 0 Å². The van der Waals surface area contributed by atoms with Crippen LogP contribution >= 0.6 is 24.0 Å². The molecule has 0 spiro atoms. The van der Waals surface area contributed by atoms with E-state index in [1.807, 2.05) is 66.7 Å². The average molecular weight is 441 g/mol. The number of hydrogen-bond donors (Lipinski definition) is 0. The number of para-hydroxylation sites is 1. The summed E-state index contributed by atoms with van der Waals surface area (Å²) in [5.41, 5.74) is 5.19. The van der Waals surface area contributed by atoms with E-state index in [9.17, 15) is 4.79 Å². The number of amides is 1. The second kappa shape index (κ2) is 7.84. The summed E-state index contributed by atoms with van der Waals surface area (Å²) in [5, 5.41) is 2.11. The van der Waals surface area contributed by atoms with Gasteiger partial charge in [0.15, 0.2) is 4.32 Å². The van der Waals surface area contributed by atoms with Gasteiger partial charge < -0.3 is 4.57 Å². The molecule has 31 heavy (non-hydrogen) atoms. The Morgan fingerprint density at radius 1 is 0.903 bits per heavy atom. The predicted molar refractivity (Wildman–Crippen MR) is 135 cm³/mol. The molecule has 1 saturated heterocycles. The topological polar surface area (TPSA) is 25.2 Å². The Kier molecular flexibility index (Phi) is 5.00. The van der Waals surface area contributed by atoms with Gasteiger partial charge in [-0.1, -0.05) is 78.6 Å².